The second-order valence-electron chi connectivity index (χ2n) is 14.9. The first-order valence-electron chi connectivity index (χ1n) is 13.1. The fourth-order valence-electron chi connectivity index (χ4n) is 2.93. The first kappa shape index (κ1) is 34.2. The number of hydrogen-bond acceptors (Lipinski definition) is 4. The van der Waals surface area contributed by atoms with Crippen molar-refractivity contribution in [1.82, 2.24) is 0 Å². The van der Waals surface area contributed by atoms with Gasteiger partial charge in [-0.25, -0.2) is 0 Å². The number of rotatable bonds is 11. The predicted octanol–water partition coefficient (Wildman–Crippen LogP) is 8.51. The summed E-state index contributed by atoms with van der Waals surface area (Å²) in [6, 6.07) is 0. The fraction of sp³-hybridized carbons (Fsp3) is 0.926. The van der Waals surface area contributed by atoms with Crippen molar-refractivity contribution < 1.29 is 18.4 Å². The Morgan fingerprint density at radius 1 is 0.706 bits per heavy atom. The third-order valence-electron chi connectivity index (χ3n) is 8.42. The normalized spacial score (nSPS) is 18.1. The molecule has 0 aliphatic carbocycles. The van der Waals surface area contributed by atoms with Gasteiger partial charge in [-0.1, -0.05) is 68.4 Å². The lowest BCUT2D eigenvalue weighted by Gasteiger charge is -2.46. The smallest absolute Gasteiger partial charge is 0.193 e. The van der Waals surface area contributed by atoms with Crippen LogP contribution in [-0.2, 0) is 13.3 Å². The lowest BCUT2D eigenvalue weighted by atomic mass is 10.1. The zero-order valence-corrected chi connectivity index (χ0v) is 28.9. The van der Waals surface area contributed by atoms with Crippen molar-refractivity contribution in [1.29, 1.82) is 0 Å². The Kier molecular flexibility index (Phi) is 11.8. The van der Waals surface area contributed by atoms with E-state index in [2.05, 4.69) is 115 Å². The molecule has 0 spiro atoms. The molecule has 0 heterocycles. The highest BCUT2D eigenvalue weighted by atomic mass is 28.4. The van der Waals surface area contributed by atoms with Gasteiger partial charge in [0.05, 0.1) is 18.8 Å². The number of aliphatic hydroxyl groups excluding tert-OH is 1. The van der Waals surface area contributed by atoms with E-state index in [1.807, 2.05) is 6.92 Å². The SMILES string of the molecule is C/C(=C\[C@@H](O[Si](C)(C)C(C)(C)C)[C@@H](C[C@@H](C)O[Si](C)(C)C(C)(C)C)O[Si](C)(C)C(C)(C)C)CO. The van der Waals surface area contributed by atoms with Crippen LogP contribution in [0.25, 0.3) is 0 Å². The summed E-state index contributed by atoms with van der Waals surface area (Å²) >= 11 is 0. The van der Waals surface area contributed by atoms with Crippen molar-refractivity contribution in [2.45, 2.75) is 155 Å². The Morgan fingerprint density at radius 2 is 1.06 bits per heavy atom. The van der Waals surface area contributed by atoms with Crippen LogP contribution < -0.4 is 0 Å². The summed E-state index contributed by atoms with van der Waals surface area (Å²) in [5.41, 5.74) is 0.922. The minimum absolute atomic E-state index is 0.0280. The van der Waals surface area contributed by atoms with Crippen LogP contribution in [0.4, 0.5) is 0 Å². The van der Waals surface area contributed by atoms with Gasteiger partial charge in [0.25, 0.3) is 0 Å². The molecule has 0 aliphatic heterocycles. The molecule has 0 fully saturated rings. The molecule has 0 radical (unpaired) electrons. The molecule has 0 aliphatic rings. The summed E-state index contributed by atoms with van der Waals surface area (Å²) in [6.07, 6.45) is 2.60. The monoisotopic (exact) mass is 532 g/mol. The topological polar surface area (TPSA) is 47.9 Å². The molecule has 3 atom stereocenters. The van der Waals surface area contributed by atoms with Crippen molar-refractivity contribution in [3.8, 4) is 0 Å². The fourth-order valence-corrected chi connectivity index (χ4v) is 6.98. The number of aliphatic hydroxyl groups is 1. The van der Waals surface area contributed by atoms with E-state index in [4.69, 9.17) is 13.3 Å². The highest BCUT2D eigenvalue weighted by Gasteiger charge is 2.45. The lowest BCUT2D eigenvalue weighted by Crippen LogP contribution is -2.53. The molecule has 204 valence electrons. The Hall–Kier alpha value is 0.231. The van der Waals surface area contributed by atoms with E-state index in [-0.39, 0.29) is 40.0 Å². The molecule has 0 unspecified atom stereocenters. The largest absolute Gasteiger partial charge is 0.414 e. The molecule has 0 amide bonds. The summed E-state index contributed by atoms with van der Waals surface area (Å²) in [4.78, 5) is 0. The molecule has 1 N–H and O–H groups in total. The summed E-state index contributed by atoms with van der Waals surface area (Å²) < 4.78 is 20.9. The summed E-state index contributed by atoms with van der Waals surface area (Å²) in [5, 5.41) is 10.2. The van der Waals surface area contributed by atoms with Gasteiger partial charge >= 0.3 is 0 Å². The summed E-state index contributed by atoms with van der Waals surface area (Å²) in [6.45, 7) is 38.5. The van der Waals surface area contributed by atoms with Gasteiger partial charge in [0, 0.05) is 6.10 Å². The van der Waals surface area contributed by atoms with Crippen LogP contribution in [0.1, 0.15) is 82.6 Å². The van der Waals surface area contributed by atoms with E-state index < -0.39 is 25.0 Å². The first-order chi connectivity index (χ1) is 14.8. The Balaban J connectivity index is 6.38. The highest BCUT2D eigenvalue weighted by molar-refractivity contribution is 6.75. The van der Waals surface area contributed by atoms with E-state index in [0.717, 1.165) is 12.0 Å². The third kappa shape index (κ3) is 9.94. The lowest BCUT2D eigenvalue weighted by molar-refractivity contribution is 0.0291. The van der Waals surface area contributed by atoms with Crippen molar-refractivity contribution in [3.05, 3.63) is 11.6 Å². The van der Waals surface area contributed by atoms with Gasteiger partial charge in [0.1, 0.15) is 0 Å². The van der Waals surface area contributed by atoms with Gasteiger partial charge in [-0.2, -0.15) is 0 Å². The van der Waals surface area contributed by atoms with Crippen LogP contribution in [0, 0.1) is 0 Å². The molecule has 0 bridgehead atoms. The van der Waals surface area contributed by atoms with Crippen LogP contribution in [0.3, 0.4) is 0 Å². The molecule has 0 saturated heterocycles. The average Bonchev–Trinajstić information content (AvgIpc) is 2.56. The maximum Gasteiger partial charge on any atom is 0.193 e. The van der Waals surface area contributed by atoms with Crippen molar-refractivity contribution in [2.24, 2.45) is 0 Å². The molecule has 4 nitrogen and oxygen atoms in total. The molecular weight excluding hydrogens is 473 g/mol. The maximum absolute atomic E-state index is 9.85. The molecule has 0 saturated carbocycles. The molecule has 0 aromatic carbocycles. The Bertz CT molecular complexity index is 665. The molecule has 7 heteroatoms. The molecule has 34 heavy (non-hydrogen) atoms. The van der Waals surface area contributed by atoms with E-state index in [1.165, 1.54) is 0 Å². The van der Waals surface area contributed by atoms with Crippen LogP contribution in [-0.4, -0.2) is 55.0 Å². The zero-order chi connectivity index (χ0) is 27.6. The zero-order valence-electron chi connectivity index (χ0n) is 25.9. The second kappa shape index (κ2) is 11.7. The van der Waals surface area contributed by atoms with Gasteiger partial charge < -0.3 is 18.4 Å². The molecule has 0 aromatic heterocycles. The van der Waals surface area contributed by atoms with E-state index in [9.17, 15) is 5.11 Å². The minimum Gasteiger partial charge on any atom is -0.414 e. The van der Waals surface area contributed by atoms with E-state index in [0.29, 0.717) is 0 Å². The maximum atomic E-state index is 9.85. The summed E-state index contributed by atoms with van der Waals surface area (Å²) in [5.74, 6) is 0. The Morgan fingerprint density at radius 3 is 1.41 bits per heavy atom. The highest BCUT2D eigenvalue weighted by Crippen LogP contribution is 2.42. The predicted molar refractivity (Wildman–Crippen MR) is 157 cm³/mol. The average molecular weight is 533 g/mol. The van der Waals surface area contributed by atoms with Crippen molar-refractivity contribution in [2.75, 3.05) is 6.61 Å². The Labute approximate surface area is 216 Å². The second-order valence-corrected chi connectivity index (χ2v) is 29.1. The number of hydrogen-bond donors (Lipinski definition) is 1. The van der Waals surface area contributed by atoms with Crippen LogP contribution in [0.2, 0.25) is 54.4 Å². The van der Waals surface area contributed by atoms with E-state index in [1.54, 1.807) is 0 Å². The quantitative estimate of drug-likeness (QED) is 0.214. The molecule has 0 rings (SSSR count). The third-order valence-corrected chi connectivity index (χ3v) is 22.0. The van der Waals surface area contributed by atoms with Crippen molar-refractivity contribution in [3.63, 3.8) is 0 Å². The van der Waals surface area contributed by atoms with Gasteiger partial charge in [0.2, 0.25) is 0 Å². The summed E-state index contributed by atoms with van der Waals surface area (Å²) in [7, 11) is -6.07. The van der Waals surface area contributed by atoms with E-state index >= 15 is 0 Å². The van der Waals surface area contributed by atoms with Gasteiger partial charge in [-0.3, -0.25) is 0 Å². The van der Waals surface area contributed by atoms with Gasteiger partial charge in [-0.05, 0) is 80.2 Å². The molecular formula is C27H60O4Si3. The van der Waals surface area contributed by atoms with Gasteiger partial charge in [0.15, 0.2) is 25.0 Å². The minimum atomic E-state index is -2.08. The standard InChI is InChI=1S/C27H60O4Si3/c1-21(20-28)18-23(30-33(14,15)26(6,7)8)24(31-34(16,17)27(9,10)11)19-22(2)29-32(12,13)25(3,4)5/h18,22-24,28H,19-20H2,1-17H3/b21-18+/t22-,23-,24-/m1/s1. The first-order valence-corrected chi connectivity index (χ1v) is 21.8. The van der Waals surface area contributed by atoms with Crippen LogP contribution in [0.5, 0.6) is 0 Å². The van der Waals surface area contributed by atoms with Crippen LogP contribution >= 0.6 is 0 Å². The van der Waals surface area contributed by atoms with Gasteiger partial charge in [-0.15, -0.1) is 0 Å². The van der Waals surface area contributed by atoms with Crippen LogP contribution in [0.15, 0.2) is 11.6 Å². The molecule has 0 aromatic rings. The van der Waals surface area contributed by atoms with Crippen molar-refractivity contribution >= 4 is 25.0 Å².